The van der Waals surface area contributed by atoms with E-state index in [1.807, 2.05) is 18.7 Å². The van der Waals surface area contributed by atoms with Crippen molar-refractivity contribution in [1.29, 1.82) is 0 Å². The molecule has 2 aromatic heterocycles. The second kappa shape index (κ2) is 10.9. The van der Waals surface area contributed by atoms with Crippen LogP contribution in [-0.2, 0) is 11.3 Å². The van der Waals surface area contributed by atoms with Gasteiger partial charge in [-0.3, -0.25) is 19.8 Å². The van der Waals surface area contributed by atoms with E-state index >= 15 is 0 Å². The Morgan fingerprint density at radius 1 is 1.14 bits per heavy atom. The van der Waals surface area contributed by atoms with Crippen molar-refractivity contribution in [2.75, 3.05) is 31.5 Å². The second-order valence-corrected chi connectivity index (χ2v) is 10.5. The third kappa shape index (κ3) is 5.46. The second-order valence-electron chi connectivity index (χ2n) is 10.5. The van der Waals surface area contributed by atoms with Crippen molar-refractivity contribution >= 4 is 28.8 Å². The summed E-state index contributed by atoms with van der Waals surface area (Å²) in [4.78, 5) is 34.6. The van der Waals surface area contributed by atoms with Gasteiger partial charge in [-0.2, -0.15) is 0 Å². The maximum absolute atomic E-state index is 13.1. The lowest BCUT2D eigenvalue weighted by Gasteiger charge is -2.21. The van der Waals surface area contributed by atoms with Gasteiger partial charge < -0.3 is 14.0 Å². The predicted molar refractivity (Wildman–Crippen MR) is 142 cm³/mol. The molecule has 1 atom stereocenters. The van der Waals surface area contributed by atoms with Gasteiger partial charge in [0, 0.05) is 31.7 Å². The molecule has 1 aromatic carbocycles. The molecule has 0 spiro atoms. The van der Waals surface area contributed by atoms with Gasteiger partial charge >= 0.3 is 0 Å². The van der Waals surface area contributed by atoms with E-state index in [2.05, 4.69) is 44.7 Å². The van der Waals surface area contributed by atoms with Crippen LogP contribution in [0.2, 0.25) is 0 Å². The molecule has 196 valence electrons. The van der Waals surface area contributed by atoms with Crippen LogP contribution in [0.5, 0.6) is 0 Å². The Balaban J connectivity index is 1.46. The molecule has 0 aliphatic carbocycles. The summed E-state index contributed by atoms with van der Waals surface area (Å²) in [5.74, 6) is 0.416. The first-order chi connectivity index (χ1) is 17.9. The Bertz CT molecular complexity index is 1290. The number of aromatic nitrogens is 3. The summed E-state index contributed by atoms with van der Waals surface area (Å²) in [6.45, 7) is 12.1. The van der Waals surface area contributed by atoms with E-state index in [0.29, 0.717) is 19.0 Å². The van der Waals surface area contributed by atoms with Gasteiger partial charge in [0.1, 0.15) is 0 Å². The molecule has 4 heterocycles. The maximum atomic E-state index is 13.1. The topological polar surface area (TPSA) is 96.5 Å². The number of carbonyl (C=O) groups excluding carboxylic acids is 2. The molecule has 9 nitrogen and oxygen atoms in total. The number of fused-ring (bicyclic) bond motifs is 1. The van der Waals surface area contributed by atoms with Crippen molar-refractivity contribution in [3.05, 3.63) is 53.9 Å². The highest BCUT2D eigenvalue weighted by Gasteiger charge is 2.26. The van der Waals surface area contributed by atoms with Gasteiger partial charge in [0.15, 0.2) is 0 Å². The van der Waals surface area contributed by atoms with E-state index in [-0.39, 0.29) is 29.5 Å². The Morgan fingerprint density at radius 3 is 2.68 bits per heavy atom. The normalized spacial score (nSPS) is 18.9. The van der Waals surface area contributed by atoms with Crippen molar-refractivity contribution in [2.24, 2.45) is 0 Å². The molecule has 0 saturated carbocycles. The van der Waals surface area contributed by atoms with Crippen molar-refractivity contribution in [3.8, 4) is 0 Å². The lowest BCUT2D eigenvalue weighted by Crippen LogP contribution is -2.30. The van der Waals surface area contributed by atoms with Crippen LogP contribution in [0.3, 0.4) is 0 Å². The van der Waals surface area contributed by atoms with Crippen LogP contribution in [0.1, 0.15) is 79.7 Å². The van der Waals surface area contributed by atoms with E-state index in [0.717, 1.165) is 55.6 Å². The first kappa shape index (κ1) is 25.2. The fourth-order valence-electron chi connectivity index (χ4n) is 5.42. The number of nitrogens with one attached hydrogen (secondary N) is 1. The molecule has 2 amide bonds. The quantitative estimate of drug-likeness (QED) is 0.467. The first-order valence-corrected chi connectivity index (χ1v) is 13.4. The van der Waals surface area contributed by atoms with Crippen molar-refractivity contribution < 1.29 is 14.1 Å². The predicted octanol–water partition coefficient (Wildman–Crippen LogP) is 4.74. The van der Waals surface area contributed by atoms with Crippen LogP contribution < -0.4 is 5.32 Å². The molecular weight excluding hydrogens is 468 g/mol. The SMILES string of the molecule is C=CC(=O)N1CCC[C@@H](n2c(NC(=O)c3cc(C(C)C)no3)nc3cc(CN4CCCC4)ccc32)CC1. The summed E-state index contributed by atoms with van der Waals surface area (Å²) in [5.41, 5.74) is 3.79. The number of likely N-dealkylation sites (tertiary alicyclic amines) is 2. The Kier molecular flexibility index (Phi) is 7.41. The van der Waals surface area contributed by atoms with Crippen molar-refractivity contribution in [1.82, 2.24) is 24.5 Å². The van der Waals surface area contributed by atoms with E-state index in [1.165, 1.54) is 24.5 Å². The largest absolute Gasteiger partial charge is 0.351 e. The molecule has 2 saturated heterocycles. The number of amides is 2. The van der Waals surface area contributed by atoms with E-state index in [4.69, 9.17) is 9.51 Å². The number of rotatable bonds is 7. The van der Waals surface area contributed by atoms with E-state index in [9.17, 15) is 9.59 Å². The minimum Gasteiger partial charge on any atom is -0.351 e. The van der Waals surface area contributed by atoms with Crippen LogP contribution in [-0.4, -0.2) is 62.5 Å². The summed E-state index contributed by atoms with van der Waals surface area (Å²) in [7, 11) is 0. The molecule has 1 N–H and O–H groups in total. The van der Waals surface area contributed by atoms with Gasteiger partial charge in [0.2, 0.25) is 17.6 Å². The zero-order chi connectivity index (χ0) is 25.9. The highest BCUT2D eigenvalue weighted by molar-refractivity contribution is 6.02. The summed E-state index contributed by atoms with van der Waals surface area (Å²) >= 11 is 0. The summed E-state index contributed by atoms with van der Waals surface area (Å²) in [6, 6.07) is 8.20. The lowest BCUT2D eigenvalue weighted by atomic mass is 10.1. The molecule has 37 heavy (non-hydrogen) atoms. The molecule has 0 radical (unpaired) electrons. The molecule has 3 aromatic rings. The smallest absolute Gasteiger partial charge is 0.296 e. The van der Waals surface area contributed by atoms with Crippen LogP contribution in [0.15, 0.2) is 41.4 Å². The van der Waals surface area contributed by atoms with Crippen molar-refractivity contribution in [3.63, 3.8) is 0 Å². The maximum Gasteiger partial charge on any atom is 0.296 e. The number of imidazole rings is 1. The van der Waals surface area contributed by atoms with Gasteiger partial charge in [-0.05, 0) is 74.9 Å². The molecule has 0 bridgehead atoms. The monoisotopic (exact) mass is 504 g/mol. The zero-order valence-corrected chi connectivity index (χ0v) is 21.8. The molecule has 2 aliphatic rings. The average molecular weight is 505 g/mol. The minimum absolute atomic E-state index is 0.0394. The molecular formula is C28H36N6O3. The van der Waals surface area contributed by atoms with Gasteiger partial charge in [-0.1, -0.05) is 31.6 Å². The third-order valence-electron chi connectivity index (χ3n) is 7.48. The fourth-order valence-corrected chi connectivity index (χ4v) is 5.42. The van der Waals surface area contributed by atoms with Crippen molar-refractivity contribution in [2.45, 2.75) is 64.5 Å². The molecule has 2 aliphatic heterocycles. The number of hydrogen-bond acceptors (Lipinski definition) is 6. The number of carbonyl (C=O) groups is 2. The highest BCUT2D eigenvalue weighted by atomic mass is 16.5. The van der Waals surface area contributed by atoms with E-state index in [1.54, 1.807) is 6.07 Å². The highest BCUT2D eigenvalue weighted by Crippen LogP contribution is 2.32. The molecule has 0 unspecified atom stereocenters. The Hall–Kier alpha value is -3.46. The lowest BCUT2D eigenvalue weighted by molar-refractivity contribution is -0.125. The van der Waals surface area contributed by atoms with Gasteiger partial charge in [0.05, 0.1) is 16.7 Å². The van der Waals surface area contributed by atoms with Gasteiger partial charge in [-0.25, -0.2) is 4.98 Å². The van der Waals surface area contributed by atoms with Crippen LogP contribution >= 0.6 is 0 Å². The number of benzene rings is 1. The number of nitrogens with zero attached hydrogens (tertiary/aromatic N) is 5. The number of anilines is 1. The molecule has 5 rings (SSSR count). The van der Waals surface area contributed by atoms with Crippen LogP contribution in [0.4, 0.5) is 5.95 Å². The fraction of sp³-hybridized carbons (Fsp3) is 0.500. The zero-order valence-electron chi connectivity index (χ0n) is 21.8. The summed E-state index contributed by atoms with van der Waals surface area (Å²) in [5, 5.41) is 7.02. The van der Waals surface area contributed by atoms with Crippen LogP contribution in [0.25, 0.3) is 11.0 Å². The van der Waals surface area contributed by atoms with Gasteiger partial charge in [0.25, 0.3) is 5.91 Å². The molecule has 9 heteroatoms. The van der Waals surface area contributed by atoms with E-state index < -0.39 is 0 Å². The van der Waals surface area contributed by atoms with Gasteiger partial charge in [-0.15, -0.1) is 0 Å². The first-order valence-electron chi connectivity index (χ1n) is 13.4. The number of hydrogen-bond donors (Lipinski definition) is 1. The standard InChI is InChI=1S/C28H36N6O3/c1-4-26(35)33-14-7-8-21(11-15-33)34-24-10-9-20(18-32-12-5-6-13-32)16-23(24)29-28(34)30-27(36)25-17-22(19(2)3)31-37-25/h4,9-10,16-17,19,21H,1,5-8,11-15,18H2,2-3H3,(H,29,30,36)/t21-/m1/s1. The third-order valence-corrected chi connectivity index (χ3v) is 7.48. The summed E-state index contributed by atoms with van der Waals surface area (Å²) in [6.07, 6.45) is 6.39. The summed E-state index contributed by atoms with van der Waals surface area (Å²) < 4.78 is 7.46. The Labute approximate surface area is 217 Å². The Morgan fingerprint density at radius 2 is 1.95 bits per heavy atom. The minimum atomic E-state index is -0.370. The van der Waals surface area contributed by atoms with Crippen LogP contribution in [0, 0.1) is 0 Å². The average Bonchev–Trinajstić information content (AvgIpc) is 3.61. The molecule has 2 fully saturated rings.